The number of rotatable bonds is 2. The first-order valence-electron chi connectivity index (χ1n) is 5.57. The van der Waals surface area contributed by atoms with E-state index in [0.717, 1.165) is 0 Å². The number of likely N-dealkylation sites (tertiary alicyclic amines) is 1. The fourth-order valence-electron chi connectivity index (χ4n) is 1.56. The van der Waals surface area contributed by atoms with Crippen molar-refractivity contribution < 1.29 is 14.5 Å². The Balaban J connectivity index is 2.57. The maximum atomic E-state index is 11.6. The molecule has 6 nitrogen and oxygen atoms in total. The van der Waals surface area contributed by atoms with E-state index in [1.54, 1.807) is 27.7 Å². The van der Waals surface area contributed by atoms with Crippen molar-refractivity contribution in [1.82, 2.24) is 4.90 Å². The van der Waals surface area contributed by atoms with Gasteiger partial charge in [0.05, 0.1) is 18.0 Å². The number of allylic oxidation sites excluding steroid dienone is 1. The average Bonchev–Trinajstić information content (AvgIpc) is 2.05. The summed E-state index contributed by atoms with van der Waals surface area (Å²) < 4.78 is 5.16. The summed E-state index contributed by atoms with van der Waals surface area (Å²) in [6.45, 7) is 7.71. The normalized spacial score (nSPS) is 15.3. The maximum absolute atomic E-state index is 11.6. The Labute approximate surface area is 100 Å². The van der Waals surface area contributed by atoms with E-state index in [0.29, 0.717) is 25.1 Å². The molecular formula is C11H18N2O4. The zero-order valence-corrected chi connectivity index (χ0v) is 10.6. The van der Waals surface area contributed by atoms with Crippen LogP contribution in [-0.2, 0) is 4.74 Å². The van der Waals surface area contributed by atoms with Crippen LogP contribution in [-0.4, -0.2) is 34.6 Å². The van der Waals surface area contributed by atoms with E-state index < -0.39 is 11.7 Å². The Bertz CT molecular complexity index is 360. The quantitative estimate of drug-likeness (QED) is 0.549. The summed E-state index contributed by atoms with van der Waals surface area (Å²) in [5, 5.41) is 10.7. The van der Waals surface area contributed by atoms with E-state index in [1.807, 2.05) is 0 Å². The molecule has 0 N–H and O–H groups in total. The topological polar surface area (TPSA) is 72.7 Å². The van der Waals surface area contributed by atoms with Gasteiger partial charge in [0.1, 0.15) is 5.60 Å². The second-order valence-corrected chi connectivity index (χ2v) is 5.00. The maximum Gasteiger partial charge on any atom is 0.410 e. The van der Waals surface area contributed by atoms with Crippen LogP contribution in [0.1, 0.15) is 34.1 Å². The molecule has 96 valence electrons. The standard InChI is InChI=1S/C11H18N2O4/c1-5-9(13(15)16)8-6-12(7-8)10(14)17-11(2,3)4/h5-7H2,1-4H3. The van der Waals surface area contributed by atoms with Crippen molar-refractivity contribution in [2.45, 2.75) is 39.7 Å². The summed E-state index contributed by atoms with van der Waals surface area (Å²) >= 11 is 0. The molecule has 1 amide bonds. The van der Waals surface area contributed by atoms with Crippen LogP contribution in [0.15, 0.2) is 11.3 Å². The third-order valence-corrected chi connectivity index (χ3v) is 2.38. The first-order chi connectivity index (χ1) is 7.74. The molecule has 6 heteroatoms. The van der Waals surface area contributed by atoms with Crippen LogP contribution in [0.25, 0.3) is 0 Å². The van der Waals surface area contributed by atoms with Gasteiger partial charge in [-0.15, -0.1) is 0 Å². The fourth-order valence-corrected chi connectivity index (χ4v) is 1.56. The average molecular weight is 242 g/mol. The third kappa shape index (κ3) is 3.44. The van der Waals surface area contributed by atoms with Gasteiger partial charge in [0.2, 0.25) is 5.70 Å². The van der Waals surface area contributed by atoms with Crippen LogP contribution in [0.5, 0.6) is 0 Å². The number of carbonyl (C=O) groups excluding carboxylic acids is 1. The largest absolute Gasteiger partial charge is 0.444 e. The lowest BCUT2D eigenvalue weighted by Crippen LogP contribution is -2.47. The predicted octanol–water partition coefficient (Wildman–Crippen LogP) is 2.18. The highest BCUT2D eigenvalue weighted by atomic mass is 16.6. The molecule has 0 aromatic rings. The highest BCUT2D eigenvalue weighted by molar-refractivity contribution is 5.70. The molecule has 0 saturated carbocycles. The second kappa shape index (κ2) is 4.73. The SMILES string of the molecule is CCC(=C1CN(C(=O)OC(C)(C)C)C1)[N+](=O)[O-]. The van der Waals surface area contributed by atoms with E-state index in [4.69, 9.17) is 4.74 Å². The van der Waals surface area contributed by atoms with Crippen molar-refractivity contribution in [3.8, 4) is 0 Å². The minimum Gasteiger partial charge on any atom is -0.444 e. The Morgan fingerprint density at radius 1 is 1.47 bits per heavy atom. The first-order valence-corrected chi connectivity index (χ1v) is 5.57. The van der Waals surface area contributed by atoms with Gasteiger partial charge in [-0.25, -0.2) is 4.79 Å². The third-order valence-electron chi connectivity index (χ3n) is 2.38. The molecule has 1 heterocycles. The Morgan fingerprint density at radius 3 is 2.35 bits per heavy atom. The van der Waals surface area contributed by atoms with Crippen molar-refractivity contribution >= 4 is 6.09 Å². The van der Waals surface area contributed by atoms with E-state index in [1.165, 1.54) is 4.90 Å². The van der Waals surface area contributed by atoms with Crippen molar-refractivity contribution in [3.05, 3.63) is 21.4 Å². The highest BCUT2D eigenvalue weighted by Gasteiger charge is 2.34. The van der Waals surface area contributed by atoms with Crippen molar-refractivity contribution in [2.75, 3.05) is 13.1 Å². The lowest BCUT2D eigenvalue weighted by molar-refractivity contribution is -0.429. The monoisotopic (exact) mass is 242 g/mol. The Morgan fingerprint density at radius 2 is 2.00 bits per heavy atom. The molecule has 1 saturated heterocycles. The number of nitro groups is 1. The summed E-state index contributed by atoms with van der Waals surface area (Å²) in [5.41, 5.74) is 0.390. The molecule has 1 aliphatic rings. The smallest absolute Gasteiger partial charge is 0.410 e. The number of ether oxygens (including phenoxy) is 1. The Kier molecular flexibility index (Phi) is 3.75. The van der Waals surface area contributed by atoms with Crippen molar-refractivity contribution in [3.63, 3.8) is 0 Å². The van der Waals surface area contributed by atoms with Gasteiger partial charge in [0, 0.05) is 12.0 Å². The molecule has 0 spiro atoms. The van der Waals surface area contributed by atoms with Crippen LogP contribution in [0.3, 0.4) is 0 Å². The molecule has 0 aromatic carbocycles. The van der Waals surface area contributed by atoms with Gasteiger partial charge in [-0.2, -0.15) is 0 Å². The van der Waals surface area contributed by atoms with E-state index in [-0.39, 0.29) is 10.6 Å². The highest BCUT2D eigenvalue weighted by Crippen LogP contribution is 2.23. The molecule has 0 radical (unpaired) electrons. The minimum absolute atomic E-state index is 0.213. The van der Waals surface area contributed by atoms with Gasteiger partial charge < -0.3 is 4.74 Å². The lowest BCUT2D eigenvalue weighted by atomic mass is 10.0. The molecule has 0 bridgehead atoms. The lowest BCUT2D eigenvalue weighted by Gasteiger charge is -2.34. The number of carbonyl (C=O) groups is 1. The summed E-state index contributed by atoms with van der Waals surface area (Å²) in [4.78, 5) is 23.3. The molecule has 1 rings (SSSR count). The first kappa shape index (κ1) is 13.5. The number of hydrogen-bond donors (Lipinski definition) is 0. The van der Waals surface area contributed by atoms with Gasteiger partial charge in [0.25, 0.3) is 0 Å². The van der Waals surface area contributed by atoms with Gasteiger partial charge >= 0.3 is 6.09 Å². The van der Waals surface area contributed by atoms with Crippen LogP contribution in [0.2, 0.25) is 0 Å². The van der Waals surface area contributed by atoms with Crippen LogP contribution in [0.4, 0.5) is 4.79 Å². The fraction of sp³-hybridized carbons (Fsp3) is 0.727. The molecule has 0 unspecified atom stereocenters. The molecule has 1 aliphatic heterocycles. The van der Waals surface area contributed by atoms with E-state index in [9.17, 15) is 14.9 Å². The Hall–Kier alpha value is -1.59. The van der Waals surface area contributed by atoms with Gasteiger partial charge in [-0.05, 0) is 20.8 Å². The van der Waals surface area contributed by atoms with E-state index in [2.05, 4.69) is 0 Å². The summed E-state index contributed by atoms with van der Waals surface area (Å²) in [6, 6.07) is 0. The molecule has 0 atom stereocenters. The van der Waals surface area contributed by atoms with Gasteiger partial charge in [-0.3, -0.25) is 15.0 Å². The van der Waals surface area contributed by atoms with Crippen molar-refractivity contribution in [1.29, 1.82) is 0 Å². The number of nitrogens with zero attached hydrogens (tertiary/aromatic N) is 2. The number of amides is 1. The summed E-state index contributed by atoms with van der Waals surface area (Å²) in [6.07, 6.45) is -0.0372. The van der Waals surface area contributed by atoms with E-state index >= 15 is 0 Å². The second-order valence-electron chi connectivity index (χ2n) is 5.00. The minimum atomic E-state index is -0.534. The van der Waals surface area contributed by atoms with Crippen LogP contribution >= 0.6 is 0 Å². The predicted molar refractivity (Wildman–Crippen MR) is 62.1 cm³/mol. The summed E-state index contributed by atoms with van der Waals surface area (Å²) in [7, 11) is 0. The molecule has 0 aromatic heterocycles. The van der Waals surface area contributed by atoms with Crippen LogP contribution in [0, 0.1) is 10.1 Å². The molecule has 1 fully saturated rings. The summed E-state index contributed by atoms with van der Waals surface area (Å²) in [5.74, 6) is 0. The molecular weight excluding hydrogens is 224 g/mol. The van der Waals surface area contributed by atoms with Crippen molar-refractivity contribution in [2.24, 2.45) is 0 Å². The number of hydrogen-bond acceptors (Lipinski definition) is 4. The van der Waals surface area contributed by atoms with Gasteiger partial charge in [0.15, 0.2) is 0 Å². The zero-order valence-electron chi connectivity index (χ0n) is 10.6. The molecule has 17 heavy (non-hydrogen) atoms. The molecule has 0 aliphatic carbocycles. The van der Waals surface area contributed by atoms with Gasteiger partial charge in [-0.1, -0.05) is 6.92 Å². The van der Waals surface area contributed by atoms with Crippen LogP contribution < -0.4 is 0 Å². The zero-order chi connectivity index (χ0) is 13.2.